The number of carbonyl (C=O) groups is 2. The van der Waals surface area contributed by atoms with Crippen LogP contribution in [0.1, 0.15) is 24.9 Å². The van der Waals surface area contributed by atoms with Crippen molar-refractivity contribution in [2.45, 2.75) is 6.92 Å². The Hall–Kier alpha value is -2.15. The van der Waals surface area contributed by atoms with Crippen molar-refractivity contribution in [3.8, 4) is 11.1 Å². The molecule has 1 amide bonds. The van der Waals surface area contributed by atoms with Crippen LogP contribution >= 0.6 is 34.3 Å². The van der Waals surface area contributed by atoms with E-state index in [4.69, 9.17) is 16.3 Å². The number of methoxy groups -OCH3 is 1. The van der Waals surface area contributed by atoms with Crippen LogP contribution in [0.25, 0.3) is 11.1 Å². The van der Waals surface area contributed by atoms with Crippen LogP contribution in [0, 0.1) is 6.92 Å². The van der Waals surface area contributed by atoms with E-state index in [0.717, 1.165) is 16.0 Å². The lowest BCUT2D eigenvalue weighted by Crippen LogP contribution is -2.13. The summed E-state index contributed by atoms with van der Waals surface area (Å²) in [4.78, 5) is 26.2. The zero-order valence-electron chi connectivity index (χ0n) is 13.5. The molecule has 3 aromatic rings. The van der Waals surface area contributed by atoms with Crippen LogP contribution in [-0.4, -0.2) is 19.0 Å². The van der Waals surface area contributed by atoms with E-state index in [0.29, 0.717) is 20.5 Å². The highest BCUT2D eigenvalue weighted by molar-refractivity contribution is 7.17. The number of halogens is 1. The second-order valence-electron chi connectivity index (χ2n) is 5.17. The largest absolute Gasteiger partial charge is 0.465 e. The van der Waals surface area contributed by atoms with Gasteiger partial charge in [0, 0.05) is 15.5 Å². The Kier molecular flexibility index (Phi) is 5.22. The molecule has 0 aliphatic carbocycles. The minimum Gasteiger partial charge on any atom is -0.465 e. The Balaban J connectivity index is 2.07. The Morgan fingerprint density at radius 3 is 2.48 bits per heavy atom. The maximum atomic E-state index is 12.4. The number of carbonyl (C=O) groups excluding carboxylic acids is 2. The van der Waals surface area contributed by atoms with E-state index in [1.807, 2.05) is 24.4 Å². The van der Waals surface area contributed by atoms with Crippen molar-refractivity contribution < 1.29 is 14.3 Å². The van der Waals surface area contributed by atoms with Gasteiger partial charge in [0.1, 0.15) is 10.6 Å². The van der Waals surface area contributed by atoms with Crippen LogP contribution < -0.4 is 5.32 Å². The Morgan fingerprint density at radius 1 is 1.16 bits per heavy atom. The molecular formula is C18H14ClNO3S2. The number of amides is 1. The quantitative estimate of drug-likeness (QED) is 0.599. The van der Waals surface area contributed by atoms with Gasteiger partial charge in [0.2, 0.25) is 0 Å². The van der Waals surface area contributed by atoms with Crippen molar-refractivity contribution in [3.63, 3.8) is 0 Å². The number of ether oxygens (including phenoxy) is 1. The van der Waals surface area contributed by atoms with Crippen molar-refractivity contribution >= 4 is 51.2 Å². The van der Waals surface area contributed by atoms with Gasteiger partial charge in [0.25, 0.3) is 5.91 Å². The highest BCUT2D eigenvalue weighted by atomic mass is 35.5. The number of hydrogen-bond acceptors (Lipinski definition) is 5. The standard InChI is InChI=1S/C18H14ClNO3S2/c1-10-14(11-5-7-12(19)8-6-11)15(18(22)23-2)17(25-10)20-16(21)13-4-3-9-24-13/h3-9H,1-2H3,(H,20,21). The summed E-state index contributed by atoms with van der Waals surface area (Å²) in [5.41, 5.74) is 1.95. The average Bonchev–Trinajstić information content (AvgIpc) is 3.23. The first-order valence-corrected chi connectivity index (χ1v) is 9.41. The van der Waals surface area contributed by atoms with Crippen LogP contribution in [0.3, 0.4) is 0 Å². The lowest BCUT2D eigenvalue weighted by atomic mass is 10.0. The molecular weight excluding hydrogens is 378 g/mol. The van der Waals surface area contributed by atoms with Gasteiger partial charge in [-0.1, -0.05) is 29.8 Å². The molecule has 128 valence electrons. The maximum absolute atomic E-state index is 12.4. The summed E-state index contributed by atoms with van der Waals surface area (Å²) in [6.45, 7) is 1.90. The minimum atomic E-state index is -0.490. The topological polar surface area (TPSA) is 55.4 Å². The highest BCUT2D eigenvalue weighted by Crippen LogP contribution is 2.40. The van der Waals surface area contributed by atoms with Crippen molar-refractivity contribution in [2.24, 2.45) is 0 Å². The van der Waals surface area contributed by atoms with Crippen molar-refractivity contribution in [1.29, 1.82) is 0 Å². The Labute approximate surface area is 158 Å². The predicted molar refractivity (Wildman–Crippen MR) is 103 cm³/mol. The van der Waals surface area contributed by atoms with Gasteiger partial charge in [-0.05, 0) is 36.1 Å². The third kappa shape index (κ3) is 3.61. The van der Waals surface area contributed by atoms with E-state index in [1.165, 1.54) is 29.8 Å². The van der Waals surface area contributed by atoms with Crippen molar-refractivity contribution in [3.05, 3.63) is 62.1 Å². The molecule has 0 radical (unpaired) electrons. The zero-order chi connectivity index (χ0) is 18.0. The van der Waals surface area contributed by atoms with Gasteiger partial charge in [-0.3, -0.25) is 4.79 Å². The van der Waals surface area contributed by atoms with Crippen LogP contribution in [0.2, 0.25) is 5.02 Å². The summed E-state index contributed by atoms with van der Waals surface area (Å²) < 4.78 is 4.94. The number of anilines is 1. The third-order valence-corrected chi connectivity index (χ3v) is 5.72. The molecule has 0 saturated carbocycles. The summed E-state index contributed by atoms with van der Waals surface area (Å²) in [5, 5.41) is 5.75. The molecule has 2 heterocycles. The molecule has 0 spiro atoms. The van der Waals surface area contributed by atoms with Gasteiger partial charge >= 0.3 is 5.97 Å². The van der Waals surface area contributed by atoms with Gasteiger partial charge in [0.05, 0.1) is 12.0 Å². The lowest BCUT2D eigenvalue weighted by Gasteiger charge is -2.08. The van der Waals surface area contributed by atoms with Crippen LogP contribution in [0.4, 0.5) is 5.00 Å². The summed E-state index contributed by atoms with van der Waals surface area (Å²) in [7, 11) is 1.33. The van der Waals surface area contributed by atoms with E-state index in [1.54, 1.807) is 24.3 Å². The van der Waals surface area contributed by atoms with Gasteiger partial charge in [-0.25, -0.2) is 4.79 Å². The van der Waals surface area contributed by atoms with Crippen molar-refractivity contribution in [1.82, 2.24) is 0 Å². The molecule has 7 heteroatoms. The number of aryl methyl sites for hydroxylation is 1. The fourth-order valence-electron chi connectivity index (χ4n) is 2.47. The number of rotatable bonds is 4. The van der Waals surface area contributed by atoms with Gasteiger partial charge in [0.15, 0.2) is 0 Å². The normalized spacial score (nSPS) is 10.5. The Morgan fingerprint density at radius 2 is 1.88 bits per heavy atom. The van der Waals surface area contributed by atoms with Gasteiger partial charge in [-0.15, -0.1) is 22.7 Å². The number of esters is 1. The summed E-state index contributed by atoms with van der Waals surface area (Å²) in [6.07, 6.45) is 0. The second kappa shape index (κ2) is 7.39. The summed E-state index contributed by atoms with van der Waals surface area (Å²) in [5.74, 6) is -0.736. The first-order chi connectivity index (χ1) is 12.0. The molecule has 25 heavy (non-hydrogen) atoms. The third-order valence-electron chi connectivity index (χ3n) is 3.58. The molecule has 0 bridgehead atoms. The molecule has 4 nitrogen and oxygen atoms in total. The van der Waals surface area contributed by atoms with E-state index in [9.17, 15) is 9.59 Å². The van der Waals surface area contributed by atoms with Crippen molar-refractivity contribution in [2.75, 3.05) is 12.4 Å². The smallest absolute Gasteiger partial charge is 0.341 e. The lowest BCUT2D eigenvalue weighted by molar-refractivity contribution is 0.0603. The molecule has 0 aliphatic rings. The summed E-state index contributed by atoms with van der Waals surface area (Å²) in [6, 6.07) is 10.7. The number of thiophene rings is 2. The molecule has 0 fully saturated rings. The summed E-state index contributed by atoms with van der Waals surface area (Å²) >= 11 is 8.64. The maximum Gasteiger partial charge on any atom is 0.341 e. The molecule has 2 aromatic heterocycles. The number of hydrogen-bond donors (Lipinski definition) is 1. The number of benzene rings is 1. The average molecular weight is 392 g/mol. The van der Waals surface area contributed by atoms with Crippen LogP contribution in [0.15, 0.2) is 41.8 Å². The predicted octanol–water partition coefficient (Wildman–Crippen LogP) is 5.48. The zero-order valence-corrected chi connectivity index (χ0v) is 15.8. The van der Waals surface area contributed by atoms with Gasteiger partial charge in [-0.2, -0.15) is 0 Å². The molecule has 3 rings (SSSR count). The van der Waals surface area contributed by atoms with Crippen LogP contribution in [-0.2, 0) is 4.74 Å². The minimum absolute atomic E-state index is 0.246. The molecule has 1 N–H and O–H groups in total. The first-order valence-electron chi connectivity index (χ1n) is 7.33. The number of nitrogens with one attached hydrogen (secondary N) is 1. The fraction of sp³-hybridized carbons (Fsp3) is 0.111. The van der Waals surface area contributed by atoms with Crippen LogP contribution in [0.5, 0.6) is 0 Å². The molecule has 0 saturated heterocycles. The SMILES string of the molecule is COC(=O)c1c(NC(=O)c2cccs2)sc(C)c1-c1ccc(Cl)cc1. The highest BCUT2D eigenvalue weighted by Gasteiger charge is 2.25. The first kappa shape index (κ1) is 17.7. The van der Waals surface area contributed by atoms with E-state index in [2.05, 4.69) is 5.32 Å². The monoisotopic (exact) mass is 391 g/mol. The molecule has 1 aromatic carbocycles. The van der Waals surface area contributed by atoms with E-state index >= 15 is 0 Å². The molecule has 0 aliphatic heterocycles. The fourth-order valence-corrected chi connectivity index (χ4v) is 4.27. The molecule has 0 unspecified atom stereocenters. The Bertz CT molecular complexity index is 915. The van der Waals surface area contributed by atoms with E-state index < -0.39 is 5.97 Å². The van der Waals surface area contributed by atoms with Gasteiger partial charge < -0.3 is 10.1 Å². The second-order valence-corrected chi connectivity index (χ2v) is 7.78. The molecule has 0 atom stereocenters. The van der Waals surface area contributed by atoms with E-state index in [-0.39, 0.29) is 5.91 Å².